The van der Waals surface area contributed by atoms with Crippen LogP contribution in [0.1, 0.15) is 12.5 Å². The van der Waals surface area contributed by atoms with Crippen LogP contribution in [-0.4, -0.2) is 51.8 Å². The third-order valence-electron chi connectivity index (χ3n) is 2.70. The fourth-order valence-corrected chi connectivity index (χ4v) is 1.85. The molecule has 0 radical (unpaired) electrons. The van der Waals surface area contributed by atoms with Crippen molar-refractivity contribution in [2.24, 2.45) is 5.10 Å². The highest BCUT2D eigenvalue weighted by atomic mass is 32.1. The predicted molar refractivity (Wildman–Crippen MR) is 94.1 cm³/mol. The van der Waals surface area contributed by atoms with Crippen molar-refractivity contribution in [3.63, 3.8) is 0 Å². The highest BCUT2D eigenvalue weighted by Gasteiger charge is 2.15. The molecule has 24 heavy (non-hydrogen) atoms. The molecule has 0 spiro atoms. The first-order valence-corrected chi connectivity index (χ1v) is 7.43. The van der Waals surface area contributed by atoms with E-state index in [2.05, 4.69) is 15.8 Å². The minimum absolute atomic E-state index is 0.217. The van der Waals surface area contributed by atoms with Crippen molar-refractivity contribution >= 4 is 29.5 Å². The summed E-state index contributed by atoms with van der Waals surface area (Å²) in [6.45, 7) is 2.42. The van der Waals surface area contributed by atoms with E-state index in [4.69, 9.17) is 31.2 Å². The number of nitrogens with zero attached hydrogens (tertiary/aromatic N) is 1. The molecule has 0 atom stereocenters. The number of nitrogens with one attached hydrogen (secondary N) is 2. The number of esters is 1. The van der Waals surface area contributed by atoms with Gasteiger partial charge in [0.05, 0.1) is 27.0 Å². The number of carbonyl (C=O) groups excluding carboxylic acids is 1. The molecule has 0 aliphatic carbocycles. The Bertz CT molecular complexity index is 582. The SMILES string of the molecule is COCCNC(=S)N/N=C\c1cc(OC)c(OC(C)=O)c(OC)c1. The Balaban J connectivity index is 2.83. The summed E-state index contributed by atoms with van der Waals surface area (Å²) in [7, 11) is 4.54. The van der Waals surface area contributed by atoms with Gasteiger partial charge in [-0.3, -0.25) is 10.2 Å². The number of hydrazone groups is 1. The Morgan fingerprint density at radius 3 is 2.38 bits per heavy atom. The molecule has 0 aromatic heterocycles. The maximum absolute atomic E-state index is 11.2. The van der Waals surface area contributed by atoms with Gasteiger partial charge in [0.25, 0.3) is 0 Å². The van der Waals surface area contributed by atoms with Gasteiger partial charge in [-0.15, -0.1) is 0 Å². The van der Waals surface area contributed by atoms with Crippen LogP contribution in [0.2, 0.25) is 0 Å². The van der Waals surface area contributed by atoms with Crippen LogP contribution in [0.15, 0.2) is 17.2 Å². The first-order valence-electron chi connectivity index (χ1n) is 7.02. The van der Waals surface area contributed by atoms with E-state index >= 15 is 0 Å². The molecule has 0 unspecified atom stereocenters. The Labute approximate surface area is 146 Å². The number of hydrogen-bond donors (Lipinski definition) is 2. The highest BCUT2D eigenvalue weighted by molar-refractivity contribution is 7.80. The van der Waals surface area contributed by atoms with Gasteiger partial charge in [0.15, 0.2) is 16.6 Å². The molecule has 9 heteroatoms. The zero-order chi connectivity index (χ0) is 17.9. The lowest BCUT2D eigenvalue weighted by Crippen LogP contribution is -2.34. The van der Waals surface area contributed by atoms with Gasteiger partial charge in [0, 0.05) is 26.1 Å². The van der Waals surface area contributed by atoms with E-state index < -0.39 is 5.97 Å². The zero-order valence-electron chi connectivity index (χ0n) is 14.0. The molecule has 0 saturated carbocycles. The van der Waals surface area contributed by atoms with E-state index in [0.29, 0.717) is 35.3 Å². The smallest absolute Gasteiger partial charge is 0.308 e. The molecule has 0 aliphatic heterocycles. The van der Waals surface area contributed by atoms with Crippen LogP contribution in [0.3, 0.4) is 0 Å². The summed E-state index contributed by atoms with van der Waals surface area (Å²) >= 11 is 5.05. The largest absolute Gasteiger partial charge is 0.493 e. The molecule has 1 rings (SSSR count). The van der Waals surface area contributed by atoms with Gasteiger partial charge in [-0.1, -0.05) is 0 Å². The molecule has 0 bridgehead atoms. The molecule has 1 aromatic rings. The average Bonchev–Trinajstić information content (AvgIpc) is 2.55. The minimum Gasteiger partial charge on any atom is -0.493 e. The number of benzene rings is 1. The van der Waals surface area contributed by atoms with Crippen molar-refractivity contribution in [1.29, 1.82) is 0 Å². The van der Waals surface area contributed by atoms with Crippen LogP contribution in [0.25, 0.3) is 0 Å². The molecule has 1 aromatic carbocycles. The van der Waals surface area contributed by atoms with Crippen LogP contribution < -0.4 is 25.0 Å². The summed E-state index contributed by atoms with van der Waals surface area (Å²) < 4.78 is 20.5. The van der Waals surface area contributed by atoms with Gasteiger partial charge in [0.2, 0.25) is 5.75 Å². The lowest BCUT2D eigenvalue weighted by molar-refractivity contribution is -0.132. The Morgan fingerprint density at radius 2 is 1.88 bits per heavy atom. The number of thiocarbonyl (C=S) groups is 1. The first kappa shape index (κ1) is 19.7. The van der Waals surface area contributed by atoms with E-state index in [1.54, 1.807) is 19.2 Å². The van der Waals surface area contributed by atoms with E-state index in [-0.39, 0.29) is 5.75 Å². The van der Waals surface area contributed by atoms with Gasteiger partial charge in [-0.25, -0.2) is 0 Å². The topological polar surface area (TPSA) is 90.4 Å². The summed E-state index contributed by atoms with van der Waals surface area (Å²) in [6, 6.07) is 3.32. The quantitative estimate of drug-likeness (QED) is 0.179. The average molecular weight is 355 g/mol. The summed E-state index contributed by atoms with van der Waals surface area (Å²) in [6.07, 6.45) is 1.53. The monoisotopic (exact) mass is 355 g/mol. The fraction of sp³-hybridized carbons (Fsp3) is 0.400. The third kappa shape index (κ3) is 6.39. The highest BCUT2D eigenvalue weighted by Crippen LogP contribution is 2.38. The summed E-state index contributed by atoms with van der Waals surface area (Å²) in [5.74, 6) is 0.454. The van der Waals surface area contributed by atoms with Crippen molar-refractivity contribution in [1.82, 2.24) is 10.7 Å². The molecular weight excluding hydrogens is 334 g/mol. The van der Waals surface area contributed by atoms with Crippen molar-refractivity contribution in [2.75, 3.05) is 34.5 Å². The summed E-state index contributed by atoms with van der Waals surface area (Å²) in [5, 5.41) is 7.32. The zero-order valence-corrected chi connectivity index (χ0v) is 14.9. The maximum Gasteiger partial charge on any atom is 0.308 e. The third-order valence-corrected chi connectivity index (χ3v) is 2.94. The van der Waals surface area contributed by atoms with Crippen LogP contribution >= 0.6 is 12.2 Å². The molecule has 0 saturated heterocycles. The predicted octanol–water partition coefficient (Wildman–Crippen LogP) is 1.07. The van der Waals surface area contributed by atoms with Gasteiger partial charge < -0.3 is 24.3 Å². The van der Waals surface area contributed by atoms with Crippen LogP contribution in [0.4, 0.5) is 0 Å². The van der Waals surface area contributed by atoms with Crippen molar-refractivity contribution in [3.8, 4) is 17.2 Å². The Morgan fingerprint density at radius 1 is 1.25 bits per heavy atom. The maximum atomic E-state index is 11.2. The molecule has 0 fully saturated rings. The lowest BCUT2D eigenvalue weighted by atomic mass is 10.2. The summed E-state index contributed by atoms with van der Waals surface area (Å²) in [4.78, 5) is 11.2. The second kappa shape index (κ2) is 10.4. The van der Waals surface area contributed by atoms with Crippen molar-refractivity contribution in [3.05, 3.63) is 17.7 Å². The molecule has 0 amide bonds. The summed E-state index contributed by atoms with van der Waals surface area (Å²) in [5.41, 5.74) is 3.35. The number of rotatable bonds is 8. The molecular formula is C15H21N3O5S. The van der Waals surface area contributed by atoms with Crippen LogP contribution in [-0.2, 0) is 9.53 Å². The van der Waals surface area contributed by atoms with Gasteiger partial charge in [0.1, 0.15) is 0 Å². The van der Waals surface area contributed by atoms with Crippen LogP contribution in [0, 0.1) is 0 Å². The molecule has 0 heterocycles. The van der Waals surface area contributed by atoms with E-state index in [0.717, 1.165) is 0 Å². The molecule has 132 valence electrons. The Hall–Kier alpha value is -2.39. The normalized spacial score (nSPS) is 10.3. The van der Waals surface area contributed by atoms with Gasteiger partial charge >= 0.3 is 5.97 Å². The minimum atomic E-state index is -0.470. The molecule has 2 N–H and O–H groups in total. The standard InChI is InChI=1S/C15H21N3O5S/c1-10(19)23-14-12(21-3)7-11(8-13(14)22-4)9-17-18-15(24)16-5-6-20-2/h7-9H,5-6H2,1-4H3,(H2,16,18,24)/b17-9-. The Kier molecular flexibility index (Phi) is 8.52. The fourth-order valence-electron chi connectivity index (χ4n) is 1.69. The van der Waals surface area contributed by atoms with Gasteiger partial charge in [-0.2, -0.15) is 5.10 Å². The van der Waals surface area contributed by atoms with E-state index in [1.807, 2.05) is 0 Å². The number of methoxy groups -OCH3 is 3. The van der Waals surface area contributed by atoms with E-state index in [1.165, 1.54) is 27.4 Å². The second-order valence-corrected chi connectivity index (χ2v) is 4.88. The lowest BCUT2D eigenvalue weighted by Gasteiger charge is -2.13. The molecule has 8 nitrogen and oxygen atoms in total. The molecule has 0 aliphatic rings. The van der Waals surface area contributed by atoms with Crippen molar-refractivity contribution < 1.29 is 23.7 Å². The number of hydrogen-bond acceptors (Lipinski definition) is 7. The van der Waals surface area contributed by atoms with Gasteiger partial charge in [-0.05, 0) is 24.4 Å². The second-order valence-electron chi connectivity index (χ2n) is 4.47. The number of carbonyl (C=O) groups is 1. The van der Waals surface area contributed by atoms with Crippen molar-refractivity contribution in [2.45, 2.75) is 6.92 Å². The number of ether oxygens (including phenoxy) is 4. The van der Waals surface area contributed by atoms with Crippen LogP contribution in [0.5, 0.6) is 17.2 Å². The van der Waals surface area contributed by atoms with E-state index in [9.17, 15) is 4.79 Å². The first-order chi connectivity index (χ1) is 11.5.